The van der Waals surface area contributed by atoms with Crippen LogP contribution in [0.3, 0.4) is 0 Å². The second-order valence-electron chi connectivity index (χ2n) is 3.96. The first-order chi connectivity index (χ1) is 4.90. The molecule has 0 aromatic carbocycles. The van der Waals surface area contributed by atoms with Crippen LogP contribution in [0, 0.1) is 16.7 Å². The first-order valence-electron chi connectivity index (χ1n) is 3.63. The molecule has 1 amide bonds. The quantitative estimate of drug-likeness (QED) is 0.558. The molecular weight excluding hydrogens is 140 g/mol. The van der Waals surface area contributed by atoms with E-state index in [0.717, 1.165) is 0 Å². The van der Waals surface area contributed by atoms with E-state index in [9.17, 15) is 4.79 Å². The van der Waals surface area contributed by atoms with Gasteiger partial charge in [0.2, 0.25) is 5.91 Å². The molecule has 0 spiro atoms. The van der Waals surface area contributed by atoms with Crippen LogP contribution in [-0.4, -0.2) is 11.4 Å². The third-order valence-electron chi connectivity index (χ3n) is 2.05. The largest absolute Gasteiger partial charge is 0.338 e. The Morgan fingerprint density at radius 1 is 1.55 bits per heavy atom. The summed E-state index contributed by atoms with van der Waals surface area (Å²) in [5.41, 5.74) is -1.04. The van der Waals surface area contributed by atoms with E-state index < -0.39 is 5.54 Å². The zero-order chi connectivity index (χ0) is 8.70. The molecule has 1 atom stereocenters. The lowest BCUT2D eigenvalue weighted by atomic mass is 9.85. The van der Waals surface area contributed by atoms with E-state index in [2.05, 4.69) is 11.4 Å². The number of nitrogens with zero attached hydrogens (tertiary/aromatic N) is 1. The van der Waals surface area contributed by atoms with Crippen molar-refractivity contribution in [2.24, 2.45) is 5.41 Å². The Labute approximate surface area is 66.4 Å². The molecule has 1 fully saturated rings. The molecular formula is C8H12N2O. The Kier molecular flexibility index (Phi) is 1.45. The number of carbonyl (C=O) groups is 1. The van der Waals surface area contributed by atoms with E-state index in [1.165, 1.54) is 0 Å². The van der Waals surface area contributed by atoms with E-state index >= 15 is 0 Å². The number of nitriles is 1. The molecule has 11 heavy (non-hydrogen) atoms. The van der Waals surface area contributed by atoms with Gasteiger partial charge in [-0.15, -0.1) is 0 Å². The average Bonchev–Trinajstić information content (AvgIpc) is 2.04. The van der Waals surface area contributed by atoms with E-state index in [1.54, 1.807) is 6.92 Å². The highest BCUT2D eigenvalue weighted by molar-refractivity contribution is 5.85. The fraction of sp³-hybridized carbons (Fsp3) is 0.750. The van der Waals surface area contributed by atoms with Crippen LogP contribution in [0.25, 0.3) is 0 Å². The molecule has 0 saturated carbocycles. The first-order valence-corrected chi connectivity index (χ1v) is 3.63. The fourth-order valence-electron chi connectivity index (χ4n) is 1.50. The number of nitrogens with one attached hydrogen (secondary N) is 1. The van der Waals surface area contributed by atoms with Crippen molar-refractivity contribution in [1.82, 2.24) is 5.32 Å². The van der Waals surface area contributed by atoms with E-state index in [-0.39, 0.29) is 11.3 Å². The molecule has 3 nitrogen and oxygen atoms in total. The summed E-state index contributed by atoms with van der Waals surface area (Å²) in [4.78, 5) is 11.2. The second kappa shape index (κ2) is 1.97. The standard InChI is InChI=1S/C8H12N2O/c1-7(2)4-8(3,5-9)10-6(7)11/h4H2,1-3H3,(H,10,11)/t8-/m0/s1. The third kappa shape index (κ3) is 1.21. The SMILES string of the molecule is CC1(C)C[C@@](C)(C#N)NC1=O. The predicted octanol–water partition coefficient (Wildman–Crippen LogP) is 0.815. The van der Waals surface area contributed by atoms with Gasteiger partial charge in [-0.05, 0) is 13.3 Å². The summed E-state index contributed by atoms with van der Waals surface area (Å²) < 4.78 is 0. The van der Waals surface area contributed by atoms with Crippen molar-refractivity contribution in [1.29, 1.82) is 5.26 Å². The Bertz CT molecular complexity index is 239. The lowest BCUT2D eigenvalue weighted by Crippen LogP contribution is -2.36. The van der Waals surface area contributed by atoms with E-state index in [1.807, 2.05) is 13.8 Å². The molecule has 1 saturated heterocycles. The molecule has 1 rings (SSSR count). The highest BCUT2D eigenvalue weighted by Crippen LogP contribution is 2.34. The van der Waals surface area contributed by atoms with Gasteiger partial charge in [-0.2, -0.15) is 5.26 Å². The van der Waals surface area contributed by atoms with Crippen LogP contribution >= 0.6 is 0 Å². The first kappa shape index (κ1) is 8.06. The fourth-order valence-corrected chi connectivity index (χ4v) is 1.50. The Morgan fingerprint density at radius 2 is 2.09 bits per heavy atom. The van der Waals surface area contributed by atoms with Gasteiger partial charge in [-0.25, -0.2) is 0 Å². The molecule has 1 aliphatic rings. The number of hydrogen-bond acceptors (Lipinski definition) is 2. The van der Waals surface area contributed by atoms with Crippen molar-refractivity contribution >= 4 is 5.91 Å². The Hall–Kier alpha value is -1.04. The van der Waals surface area contributed by atoms with Gasteiger partial charge in [0, 0.05) is 5.41 Å². The molecule has 0 bridgehead atoms. The summed E-state index contributed by atoms with van der Waals surface area (Å²) in [6.45, 7) is 5.45. The zero-order valence-electron chi connectivity index (χ0n) is 7.06. The minimum absolute atomic E-state index is 0.0263. The van der Waals surface area contributed by atoms with Crippen molar-refractivity contribution in [2.75, 3.05) is 0 Å². The van der Waals surface area contributed by atoms with Crippen LogP contribution in [0.4, 0.5) is 0 Å². The van der Waals surface area contributed by atoms with Gasteiger partial charge in [0.05, 0.1) is 6.07 Å². The molecule has 0 aromatic rings. The van der Waals surface area contributed by atoms with Gasteiger partial charge in [0.25, 0.3) is 0 Å². The van der Waals surface area contributed by atoms with E-state index in [0.29, 0.717) is 6.42 Å². The van der Waals surface area contributed by atoms with E-state index in [4.69, 9.17) is 5.26 Å². The minimum Gasteiger partial charge on any atom is -0.338 e. The summed E-state index contributed by atoms with van der Waals surface area (Å²) in [7, 11) is 0. The molecule has 1 N–H and O–H groups in total. The van der Waals surface area contributed by atoms with Crippen LogP contribution < -0.4 is 5.32 Å². The van der Waals surface area contributed by atoms with Crippen LogP contribution in [-0.2, 0) is 4.79 Å². The monoisotopic (exact) mass is 152 g/mol. The number of carbonyl (C=O) groups excluding carboxylic acids is 1. The highest BCUT2D eigenvalue weighted by atomic mass is 16.2. The summed E-state index contributed by atoms with van der Waals surface area (Å²) in [6.07, 6.45) is 0.593. The molecule has 1 aliphatic heterocycles. The molecule has 3 heteroatoms. The Morgan fingerprint density at radius 3 is 2.27 bits per heavy atom. The highest BCUT2D eigenvalue weighted by Gasteiger charge is 2.46. The second-order valence-corrected chi connectivity index (χ2v) is 3.96. The van der Waals surface area contributed by atoms with Gasteiger partial charge >= 0.3 is 0 Å². The number of amides is 1. The predicted molar refractivity (Wildman–Crippen MR) is 40.6 cm³/mol. The average molecular weight is 152 g/mol. The lowest BCUT2D eigenvalue weighted by molar-refractivity contribution is -0.126. The van der Waals surface area contributed by atoms with Crippen LogP contribution in [0.2, 0.25) is 0 Å². The van der Waals surface area contributed by atoms with Crippen molar-refractivity contribution in [2.45, 2.75) is 32.7 Å². The lowest BCUT2D eigenvalue weighted by Gasteiger charge is -2.14. The van der Waals surface area contributed by atoms with Crippen molar-refractivity contribution in [3.8, 4) is 6.07 Å². The maximum atomic E-state index is 11.2. The summed E-state index contributed by atoms with van der Waals surface area (Å²) in [5.74, 6) is -0.0263. The molecule has 60 valence electrons. The number of rotatable bonds is 0. The minimum atomic E-state index is -0.652. The van der Waals surface area contributed by atoms with Crippen molar-refractivity contribution in [3.05, 3.63) is 0 Å². The maximum absolute atomic E-state index is 11.2. The van der Waals surface area contributed by atoms with Gasteiger partial charge in [-0.3, -0.25) is 4.79 Å². The normalized spacial score (nSPS) is 34.5. The summed E-state index contributed by atoms with van der Waals surface area (Å²) in [6, 6.07) is 2.09. The molecule has 1 heterocycles. The van der Waals surface area contributed by atoms with Crippen molar-refractivity contribution < 1.29 is 4.79 Å². The zero-order valence-corrected chi connectivity index (χ0v) is 7.06. The smallest absolute Gasteiger partial charge is 0.227 e. The van der Waals surface area contributed by atoms with Gasteiger partial charge < -0.3 is 5.32 Å². The topological polar surface area (TPSA) is 52.9 Å². The summed E-state index contributed by atoms with van der Waals surface area (Å²) in [5, 5.41) is 11.4. The number of hydrogen-bond donors (Lipinski definition) is 1. The van der Waals surface area contributed by atoms with Gasteiger partial charge in [-0.1, -0.05) is 13.8 Å². The van der Waals surface area contributed by atoms with Gasteiger partial charge in [0.1, 0.15) is 5.54 Å². The maximum Gasteiger partial charge on any atom is 0.227 e. The molecule has 0 radical (unpaired) electrons. The van der Waals surface area contributed by atoms with Gasteiger partial charge in [0.15, 0.2) is 0 Å². The molecule has 0 unspecified atom stereocenters. The molecule has 0 aliphatic carbocycles. The summed E-state index contributed by atoms with van der Waals surface area (Å²) >= 11 is 0. The van der Waals surface area contributed by atoms with Crippen molar-refractivity contribution in [3.63, 3.8) is 0 Å². The van der Waals surface area contributed by atoms with Crippen LogP contribution in [0.1, 0.15) is 27.2 Å². The van der Waals surface area contributed by atoms with Crippen LogP contribution in [0.15, 0.2) is 0 Å². The molecule has 0 aromatic heterocycles. The third-order valence-corrected chi connectivity index (χ3v) is 2.05. The van der Waals surface area contributed by atoms with Crippen LogP contribution in [0.5, 0.6) is 0 Å². The Balaban J connectivity index is 2.90.